The highest BCUT2D eigenvalue weighted by molar-refractivity contribution is 5.96. The lowest BCUT2D eigenvalue weighted by molar-refractivity contribution is -0.139. The van der Waals surface area contributed by atoms with Gasteiger partial charge in [-0.2, -0.15) is 0 Å². The first kappa shape index (κ1) is 13.1. The molecule has 0 aliphatic carbocycles. The molecule has 6 heteroatoms. The molecule has 1 aromatic carbocycles. The lowest BCUT2D eigenvalue weighted by atomic mass is 10.1. The van der Waals surface area contributed by atoms with Gasteiger partial charge < -0.3 is 15.5 Å². The molecule has 0 saturated heterocycles. The van der Waals surface area contributed by atoms with Gasteiger partial charge in [-0.25, -0.2) is 9.18 Å². The molecule has 1 unspecified atom stereocenters. The molecule has 1 rings (SSSR count). The van der Waals surface area contributed by atoms with Gasteiger partial charge in [-0.15, -0.1) is 0 Å². The van der Waals surface area contributed by atoms with Crippen LogP contribution in [0.4, 0.5) is 4.39 Å². The lowest BCUT2D eigenvalue weighted by Gasteiger charge is -2.13. The quantitative estimate of drug-likeness (QED) is 0.696. The number of amides is 1. The highest BCUT2D eigenvalue weighted by atomic mass is 19.1. The number of rotatable bonds is 5. The number of aliphatic hydroxyl groups is 1. The van der Waals surface area contributed by atoms with Crippen LogP contribution in [0, 0.1) is 5.82 Å². The molecule has 92 valence electrons. The van der Waals surface area contributed by atoms with E-state index in [1.165, 1.54) is 18.2 Å². The zero-order chi connectivity index (χ0) is 12.8. The Morgan fingerprint density at radius 1 is 1.41 bits per heavy atom. The maximum absolute atomic E-state index is 12.8. The van der Waals surface area contributed by atoms with Crippen LogP contribution in [0.2, 0.25) is 0 Å². The summed E-state index contributed by atoms with van der Waals surface area (Å²) in [5.41, 5.74) is 0.0363. The van der Waals surface area contributed by atoms with E-state index in [4.69, 9.17) is 10.2 Å². The third-order valence-corrected chi connectivity index (χ3v) is 2.11. The first-order chi connectivity index (χ1) is 8.04. The monoisotopic (exact) mass is 241 g/mol. The minimum absolute atomic E-state index is 0.0363. The number of carboxylic acids is 1. The molecular formula is C11H12FNO4. The topological polar surface area (TPSA) is 86.6 Å². The second-order valence-corrected chi connectivity index (χ2v) is 3.39. The number of aliphatic hydroxyl groups excluding tert-OH is 1. The predicted octanol–water partition coefficient (Wildman–Crippen LogP) is 0.391. The van der Waals surface area contributed by atoms with Crippen molar-refractivity contribution in [2.24, 2.45) is 0 Å². The molecule has 0 spiro atoms. The maximum Gasteiger partial charge on any atom is 0.326 e. The standard InChI is InChI=1S/C11H12FNO4/c12-8-3-1-2-7(6-8)10(15)13-9(4-5-14)11(16)17/h1-3,6,9,14H,4-5H2,(H,13,15)(H,16,17). The van der Waals surface area contributed by atoms with E-state index in [0.717, 1.165) is 6.07 Å². The van der Waals surface area contributed by atoms with Crippen LogP contribution in [0.1, 0.15) is 16.8 Å². The number of hydrogen-bond acceptors (Lipinski definition) is 3. The van der Waals surface area contributed by atoms with Crippen LogP contribution in [0.5, 0.6) is 0 Å². The summed E-state index contributed by atoms with van der Waals surface area (Å²) >= 11 is 0. The molecular weight excluding hydrogens is 229 g/mol. The molecule has 0 radical (unpaired) electrons. The Hall–Kier alpha value is -1.95. The van der Waals surface area contributed by atoms with Crippen LogP contribution in [-0.4, -0.2) is 34.7 Å². The van der Waals surface area contributed by atoms with Crippen molar-refractivity contribution in [3.8, 4) is 0 Å². The Bertz CT molecular complexity index is 422. The fraction of sp³-hybridized carbons (Fsp3) is 0.273. The Morgan fingerprint density at radius 2 is 2.12 bits per heavy atom. The van der Waals surface area contributed by atoms with E-state index in [2.05, 4.69) is 5.32 Å². The van der Waals surface area contributed by atoms with Crippen molar-refractivity contribution in [3.05, 3.63) is 35.6 Å². The molecule has 1 amide bonds. The van der Waals surface area contributed by atoms with E-state index in [9.17, 15) is 14.0 Å². The molecule has 3 N–H and O–H groups in total. The third-order valence-electron chi connectivity index (χ3n) is 2.11. The number of benzene rings is 1. The van der Waals surface area contributed by atoms with E-state index < -0.39 is 23.7 Å². The molecule has 5 nitrogen and oxygen atoms in total. The smallest absolute Gasteiger partial charge is 0.326 e. The summed E-state index contributed by atoms with van der Waals surface area (Å²) in [7, 11) is 0. The maximum atomic E-state index is 12.8. The predicted molar refractivity (Wildman–Crippen MR) is 57.0 cm³/mol. The van der Waals surface area contributed by atoms with Crippen LogP contribution in [0.3, 0.4) is 0 Å². The molecule has 0 bridgehead atoms. The van der Waals surface area contributed by atoms with Crippen LogP contribution >= 0.6 is 0 Å². The Kier molecular flexibility index (Phi) is 4.59. The van der Waals surface area contributed by atoms with E-state index >= 15 is 0 Å². The minimum atomic E-state index is -1.25. The second-order valence-electron chi connectivity index (χ2n) is 3.39. The number of hydrogen-bond donors (Lipinski definition) is 3. The van der Waals surface area contributed by atoms with Crippen molar-refractivity contribution in [1.82, 2.24) is 5.32 Å². The molecule has 17 heavy (non-hydrogen) atoms. The third kappa shape index (κ3) is 3.84. The average molecular weight is 241 g/mol. The summed E-state index contributed by atoms with van der Waals surface area (Å²) in [6.07, 6.45) is -0.101. The summed E-state index contributed by atoms with van der Waals surface area (Å²) in [6.45, 7) is -0.361. The Morgan fingerprint density at radius 3 is 2.65 bits per heavy atom. The SMILES string of the molecule is O=C(NC(CCO)C(=O)O)c1cccc(F)c1. The summed E-state index contributed by atoms with van der Waals surface area (Å²) in [5.74, 6) is -2.51. The summed E-state index contributed by atoms with van der Waals surface area (Å²) in [4.78, 5) is 22.3. The first-order valence-corrected chi connectivity index (χ1v) is 4.94. The molecule has 0 aliphatic heterocycles. The summed E-state index contributed by atoms with van der Waals surface area (Å²) in [6, 6.07) is 3.73. The van der Waals surface area contributed by atoms with Crippen LogP contribution in [0.25, 0.3) is 0 Å². The van der Waals surface area contributed by atoms with E-state index in [-0.39, 0.29) is 18.6 Å². The Labute approximate surface area is 96.9 Å². The Balaban J connectivity index is 2.73. The average Bonchev–Trinajstić information content (AvgIpc) is 2.28. The van der Waals surface area contributed by atoms with Crippen LogP contribution in [0.15, 0.2) is 24.3 Å². The van der Waals surface area contributed by atoms with Gasteiger partial charge in [0.1, 0.15) is 11.9 Å². The van der Waals surface area contributed by atoms with Gasteiger partial charge in [-0.1, -0.05) is 6.07 Å². The van der Waals surface area contributed by atoms with Crippen molar-refractivity contribution in [3.63, 3.8) is 0 Å². The zero-order valence-electron chi connectivity index (χ0n) is 8.89. The molecule has 1 aromatic rings. The van der Waals surface area contributed by atoms with Crippen LogP contribution < -0.4 is 5.32 Å². The number of nitrogens with one attached hydrogen (secondary N) is 1. The van der Waals surface area contributed by atoms with Crippen molar-refractivity contribution in [2.75, 3.05) is 6.61 Å². The van der Waals surface area contributed by atoms with Crippen molar-refractivity contribution >= 4 is 11.9 Å². The highest BCUT2D eigenvalue weighted by Gasteiger charge is 2.19. The van der Waals surface area contributed by atoms with Gasteiger partial charge in [-0.3, -0.25) is 4.79 Å². The second kappa shape index (κ2) is 5.95. The number of halogens is 1. The molecule has 0 heterocycles. The number of carbonyl (C=O) groups is 2. The van der Waals surface area contributed by atoms with Crippen molar-refractivity contribution in [2.45, 2.75) is 12.5 Å². The zero-order valence-corrected chi connectivity index (χ0v) is 8.89. The van der Waals surface area contributed by atoms with Crippen LogP contribution in [-0.2, 0) is 4.79 Å². The van der Waals surface area contributed by atoms with E-state index in [1.54, 1.807) is 0 Å². The molecule has 1 atom stereocenters. The lowest BCUT2D eigenvalue weighted by Crippen LogP contribution is -2.41. The number of carbonyl (C=O) groups excluding carboxylic acids is 1. The van der Waals surface area contributed by atoms with Gasteiger partial charge in [0.15, 0.2) is 0 Å². The number of aliphatic carboxylic acids is 1. The van der Waals surface area contributed by atoms with Crippen molar-refractivity contribution < 1.29 is 24.2 Å². The van der Waals surface area contributed by atoms with Gasteiger partial charge >= 0.3 is 5.97 Å². The summed E-state index contributed by atoms with van der Waals surface area (Å²) in [5, 5.41) is 19.6. The van der Waals surface area contributed by atoms with Gasteiger partial charge in [0.2, 0.25) is 0 Å². The number of carboxylic acid groups (broad SMARTS) is 1. The van der Waals surface area contributed by atoms with Gasteiger partial charge in [0.25, 0.3) is 5.91 Å². The molecule has 0 saturated carbocycles. The molecule has 0 aromatic heterocycles. The van der Waals surface area contributed by atoms with Gasteiger partial charge in [-0.05, 0) is 18.2 Å². The molecule has 0 fully saturated rings. The minimum Gasteiger partial charge on any atom is -0.480 e. The summed E-state index contributed by atoms with van der Waals surface area (Å²) < 4.78 is 12.8. The van der Waals surface area contributed by atoms with E-state index in [0.29, 0.717) is 0 Å². The first-order valence-electron chi connectivity index (χ1n) is 4.94. The van der Waals surface area contributed by atoms with Crippen molar-refractivity contribution in [1.29, 1.82) is 0 Å². The van der Waals surface area contributed by atoms with Gasteiger partial charge in [0.05, 0.1) is 0 Å². The highest BCUT2D eigenvalue weighted by Crippen LogP contribution is 2.04. The fourth-order valence-electron chi connectivity index (χ4n) is 1.26. The molecule has 0 aliphatic rings. The normalized spacial score (nSPS) is 11.9. The van der Waals surface area contributed by atoms with E-state index in [1.807, 2.05) is 0 Å². The van der Waals surface area contributed by atoms with Gasteiger partial charge in [0, 0.05) is 18.6 Å². The largest absolute Gasteiger partial charge is 0.480 e. The fourth-order valence-corrected chi connectivity index (χ4v) is 1.26.